The Morgan fingerprint density at radius 1 is 1.27 bits per heavy atom. The Morgan fingerprint density at radius 3 is 2.73 bits per heavy atom. The number of H-pyrrole nitrogens is 1. The van der Waals surface area contributed by atoms with E-state index in [1.807, 2.05) is 0 Å². The lowest BCUT2D eigenvalue weighted by atomic mass is 9.82. The second kappa shape index (κ2) is 7.47. The van der Waals surface area contributed by atoms with Gasteiger partial charge in [-0.3, -0.25) is 9.89 Å². The van der Waals surface area contributed by atoms with E-state index in [2.05, 4.69) is 27.8 Å². The number of halogens is 1. The van der Waals surface area contributed by atoms with Crippen LogP contribution in [0.1, 0.15) is 67.2 Å². The standard InChI is InChI=1S/C16H26N4O.ClH/c1-16(7-4-2-3-5-8-16)11-18-15(21)14-12-10-17-9-6-13(12)19-20-14;/h17H,2-11H2,1H3,(H,18,21)(H,19,20);1H. The fourth-order valence-corrected chi connectivity index (χ4v) is 3.55. The van der Waals surface area contributed by atoms with Crippen LogP contribution < -0.4 is 10.6 Å². The van der Waals surface area contributed by atoms with Crippen molar-refractivity contribution in [2.24, 2.45) is 5.41 Å². The van der Waals surface area contributed by atoms with Gasteiger partial charge in [0.2, 0.25) is 0 Å². The van der Waals surface area contributed by atoms with Crippen molar-refractivity contribution in [1.82, 2.24) is 20.8 Å². The summed E-state index contributed by atoms with van der Waals surface area (Å²) in [5.41, 5.74) is 2.99. The number of rotatable bonds is 3. The molecule has 0 radical (unpaired) electrons. The average molecular weight is 327 g/mol. The molecule has 3 N–H and O–H groups in total. The normalized spacial score (nSPS) is 20.4. The Balaban J connectivity index is 0.00000176. The Bertz CT molecular complexity index is 506. The molecule has 0 aromatic carbocycles. The lowest BCUT2D eigenvalue weighted by Crippen LogP contribution is -2.36. The minimum absolute atomic E-state index is 0. The second-order valence-corrected chi connectivity index (χ2v) is 6.86. The van der Waals surface area contributed by atoms with Gasteiger partial charge in [-0.1, -0.05) is 32.6 Å². The number of carbonyl (C=O) groups excluding carboxylic acids is 1. The van der Waals surface area contributed by atoms with E-state index in [0.29, 0.717) is 5.69 Å². The van der Waals surface area contributed by atoms with Crippen molar-refractivity contribution in [3.63, 3.8) is 0 Å². The van der Waals surface area contributed by atoms with Gasteiger partial charge in [0.25, 0.3) is 5.91 Å². The van der Waals surface area contributed by atoms with Crippen LogP contribution in [0.25, 0.3) is 0 Å². The molecule has 5 nitrogen and oxygen atoms in total. The molecule has 0 spiro atoms. The van der Waals surface area contributed by atoms with Gasteiger partial charge in [-0.25, -0.2) is 0 Å². The first-order valence-corrected chi connectivity index (χ1v) is 8.23. The van der Waals surface area contributed by atoms with Gasteiger partial charge in [0.1, 0.15) is 0 Å². The minimum atomic E-state index is -0.0262. The quantitative estimate of drug-likeness (QED) is 0.748. The first-order chi connectivity index (χ1) is 10.2. The molecule has 2 heterocycles. The van der Waals surface area contributed by atoms with Gasteiger partial charge in [0.05, 0.1) is 0 Å². The zero-order chi connectivity index (χ0) is 14.7. The average Bonchev–Trinajstić information content (AvgIpc) is 2.81. The van der Waals surface area contributed by atoms with Gasteiger partial charge in [0.15, 0.2) is 5.69 Å². The van der Waals surface area contributed by atoms with E-state index < -0.39 is 0 Å². The first-order valence-electron chi connectivity index (χ1n) is 8.23. The van der Waals surface area contributed by atoms with E-state index in [-0.39, 0.29) is 23.7 Å². The van der Waals surface area contributed by atoms with Crippen molar-refractivity contribution in [3.05, 3.63) is 17.0 Å². The largest absolute Gasteiger partial charge is 0.350 e. The number of aromatic nitrogens is 2. The molecule has 124 valence electrons. The van der Waals surface area contributed by atoms with Crippen molar-refractivity contribution in [1.29, 1.82) is 0 Å². The van der Waals surface area contributed by atoms with Crippen molar-refractivity contribution in [2.75, 3.05) is 13.1 Å². The van der Waals surface area contributed by atoms with Crippen LogP contribution >= 0.6 is 12.4 Å². The molecular formula is C16H27ClN4O. The Labute approximate surface area is 138 Å². The van der Waals surface area contributed by atoms with Crippen molar-refractivity contribution in [3.8, 4) is 0 Å². The first kappa shape index (κ1) is 17.3. The van der Waals surface area contributed by atoms with Gasteiger partial charge in [-0.2, -0.15) is 5.10 Å². The molecule has 0 atom stereocenters. The third-order valence-electron chi connectivity index (χ3n) is 5.01. The fraction of sp³-hybridized carbons (Fsp3) is 0.750. The number of fused-ring (bicyclic) bond motifs is 1. The number of nitrogens with zero attached hydrogens (tertiary/aromatic N) is 1. The molecule has 1 fully saturated rings. The Kier molecular flexibility index (Phi) is 5.87. The zero-order valence-corrected chi connectivity index (χ0v) is 14.2. The molecule has 0 unspecified atom stereocenters. The lowest BCUT2D eigenvalue weighted by Gasteiger charge is -2.28. The Morgan fingerprint density at radius 2 is 2.00 bits per heavy atom. The van der Waals surface area contributed by atoms with Crippen LogP contribution in [0.2, 0.25) is 0 Å². The molecule has 1 aromatic rings. The molecule has 0 bridgehead atoms. The highest BCUT2D eigenvalue weighted by Crippen LogP contribution is 2.33. The lowest BCUT2D eigenvalue weighted by molar-refractivity contribution is 0.0922. The van der Waals surface area contributed by atoms with Crippen molar-refractivity contribution >= 4 is 18.3 Å². The maximum atomic E-state index is 12.4. The molecule has 22 heavy (non-hydrogen) atoms. The van der Waals surface area contributed by atoms with Crippen LogP contribution in [-0.4, -0.2) is 29.2 Å². The molecule has 1 aliphatic carbocycles. The highest BCUT2D eigenvalue weighted by Gasteiger charge is 2.28. The van der Waals surface area contributed by atoms with E-state index in [1.165, 1.54) is 38.5 Å². The number of amides is 1. The second-order valence-electron chi connectivity index (χ2n) is 6.86. The third kappa shape index (κ3) is 3.82. The van der Waals surface area contributed by atoms with Crippen LogP contribution in [0, 0.1) is 5.41 Å². The van der Waals surface area contributed by atoms with E-state index in [0.717, 1.165) is 37.3 Å². The molecule has 1 saturated carbocycles. The van der Waals surface area contributed by atoms with E-state index >= 15 is 0 Å². The van der Waals surface area contributed by atoms with Crippen molar-refractivity contribution < 1.29 is 4.79 Å². The number of aromatic amines is 1. The van der Waals surface area contributed by atoms with Gasteiger partial charge in [0, 0.05) is 37.3 Å². The summed E-state index contributed by atoms with van der Waals surface area (Å²) in [6, 6.07) is 0. The Hall–Kier alpha value is -1.07. The van der Waals surface area contributed by atoms with E-state index in [1.54, 1.807) is 0 Å². The van der Waals surface area contributed by atoms with Crippen LogP contribution in [0.15, 0.2) is 0 Å². The van der Waals surface area contributed by atoms with Crippen LogP contribution in [0.4, 0.5) is 0 Å². The summed E-state index contributed by atoms with van der Waals surface area (Å²) in [7, 11) is 0. The predicted molar refractivity (Wildman–Crippen MR) is 89.4 cm³/mol. The molecule has 6 heteroatoms. The molecule has 0 saturated heterocycles. The molecule has 2 aliphatic rings. The molecular weight excluding hydrogens is 300 g/mol. The third-order valence-corrected chi connectivity index (χ3v) is 5.01. The topological polar surface area (TPSA) is 69.8 Å². The predicted octanol–water partition coefficient (Wildman–Crippen LogP) is 2.57. The zero-order valence-electron chi connectivity index (χ0n) is 13.3. The van der Waals surface area contributed by atoms with Crippen LogP contribution in [0.3, 0.4) is 0 Å². The summed E-state index contributed by atoms with van der Waals surface area (Å²) in [5, 5.41) is 13.7. The van der Waals surface area contributed by atoms with E-state index in [9.17, 15) is 4.79 Å². The smallest absolute Gasteiger partial charge is 0.272 e. The van der Waals surface area contributed by atoms with Crippen LogP contribution in [-0.2, 0) is 13.0 Å². The summed E-state index contributed by atoms with van der Waals surface area (Å²) in [4.78, 5) is 12.4. The van der Waals surface area contributed by atoms with Crippen LogP contribution in [0.5, 0.6) is 0 Å². The molecule has 1 aliphatic heterocycles. The van der Waals surface area contributed by atoms with E-state index in [4.69, 9.17) is 0 Å². The van der Waals surface area contributed by atoms with Crippen molar-refractivity contribution in [2.45, 2.75) is 58.4 Å². The monoisotopic (exact) mass is 326 g/mol. The number of nitrogens with one attached hydrogen (secondary N) is 3. The summed E-state index contributed by atoms with van der Waals surface area (Å²) in [5.74, 6) is -0.0262. The summed E-state index contributed by atoms with van der Waals surface area (Å²) in [6.45, 7) is 4.77. The van der Waals surface area contributed by atoms with Gasteiger partial charge in [-0.15, -0.1) is 12.4 Å². The highest BCUT2D eigenvalue weighted by atomic mass is 35.5. The number of carbonyl (C=O) groups is 1. The SMILES string of the molecule is CC1(CNC(=O)c2n[nH]c3c2CNCC3)CCCCCC1.Cl. The number of hydrogen-bond donors (Lipinski definition) is 3. The van der Waals surface area contributed by atoms with Gasteiger partial charge < -0.3 is 10.6 Å². The van der Waals surface area contributed by atoms with Gasteiger partial charge in [-0.05, 0) is 18.3 Å². The maximum absolute atomic E-state index is 12.4. The molecule has 1 aromatic heterocycles. The molecule has 3 rings (SSSR count). The highest BCUT2D eigenvalue weighted by molar-refractivity contribution is 5.94. The summed E-state index contributed by atoms with van der Waals surface area (Å²) < 4.78 is 0. The number of hydrogen-bond acceptors (Lipinski definition) is 3. The molecule has 1 amide bonds. The summed E-state index contributed by atoms with van der Waals surface area (Å²) >= 11 is 0. The fourth-order valence-electron chi connectivity index (χ4n) is 3.55. The minimum Gasteiger partial charge on any atom is -0.350 e. The summed E-state index contributed by atoms with van der Waals surface area (Å²) in [6.07, 6.45) is 8.60. The maximum Gasteiger partial charge on any atom is 0.272 e. The van der Waals surface area contributed by atoms with Gasteiger partial charge >= 0.3 is 0 Å².